The summed E-state index contributed by atoms with van der Waals surface area (Å²) in [5.41, 5.74) is 0. The van der Waals surface area contributed by atoms with Crippen molar-refractivity contribution >= 4 is 39.3 Å². The molecule has 20 heavy (non-hydrogen) atoms. The van der Waals surface area contributed by atoms with Crippen LogP contribution in [0.3, 0.4) is 0 Å². The normalized spacial score (nSPS) is 22.6. The predicted molar refractivity (Wildman–Crippen MR) is 86.0 cm³/mol. The van der Waals surface area contributed by atoms with E-state index in [-0.39, 0.29) is 0 Å². The van der Waals surface area contributed by atoms with Crippen molar-refractivity contribution in [3.05, 3.63) is 10.9 Å². The lowest BCUT2D eigenvalue weighted by atomic mass is 10.3. The third kappa shape index (κ3) is 2.77. The minimum absolute atomic E-state index is 0.298. The van der Waals surface area contributed by atoms with Gasteiger partial charge < -0.3 is 10.1 Å². The number of anilines is 1. The minimum atomic E-state index is 0.298. The molecule has 0 aromatic carbocycles. The molecule has 2 atom stereocenters. The molecule has 1 saturated heterocycles. The van der Waals surface area contributed by atoms with Crippen molar-refractivity contribution in [3.8, 4) is 0 Å². The van der Waals surface area contributed by atoms with E-state index in [9.17, 15) is 0 Å². The van der Waals surface area contributed by atoms with Crippen molar-refractivity contribution in [1.29, 1.82) is 0 Å². The Hall–Kier alpha value is -0.850. The van der Waals surface area contributed by atoms with Gasteiger partial charge in [0.15, 0.2) is 0 Å². The highest BCUT2D eigenvalue weighted by atomic mass is 32.2. The third-order valence-electron chi connectivity index (χ3n) is 3.39. The van der Waals surface area contributed by atoms with E-state index >= 15 is 0 Å². The van der Waals surface area contributed by atoms with Gasteiger partial charge in [-0.25, -0.2) is 9.97 Å². The number of thiophene rings is 1. The van der Waals surface area contributed by atoms with Crippen LogP contribution in [-0.2, 0) is 4.74 Å². The van der Waals surface area contributed by atoms with Crippen LogP contribution in [0.1, 0.15) is 25.1 Å². The molecule has 1 aliphatic rings. The number of ether oxygens (including phenoxy) is 1. The zero-order valence-corrected chi connectivity index (χ0v) is 13.6. The molecule has 4 nitrogen and oxygen atoms in total. The van der Waals surface area contributed by atoms with Crippen LogP contribution in [0.15, 0.2) is 11.1 Å². The molecule has 0 aliphatic carbocycles. The molecule has 6 heteroatoms. The molecule has 2 aromatic heterocycles. The molecule has 0 amide bonds. The van der Waals surface area contributed by atoms with Gasteiger partial charge >= 0.3 is 0 Å². The smallest absolute Gasteiger partial charge is 0.225 e. The SMILES string of the molecule is CCNc1nc(SC2CCOC2C)c2cc(C)sc2n1. The molecule has 1 N–H and O–H groups in total. The first-order chi connectivity index (χ1) is 9.67. The Labute approximate surface area is 127 Å². The third-order valence-corrected chi connectivity index (χ3v) is 5.79. The first-order valence-corrected chi connectivity index (χ1v) is 8.67. The zero-order valence-electron chi connectivity index (χ0n) is 12.0. The average Bonchev–Trinajstić information content (AvgIpc) is 2.96. The minimum Gasteiger partial charge on any atom is -0.377 e. The largest absolute Gasteiger partial charge is 0.377 e. The van der Waals surface area contributed by atoms with Crippen LogP contribution in [-0.4, -0.2) is 34.5 Å². The molecular formula is C14H19N3OS2. The van der Waals surface area contributed by atoms with Gasteiger partial charge in [-0.05, 0) is 33.3 Å². The molecule has 0 saturated carbocycles. The summed E-state index contributed by atoms with van der Waals surface area (Å²) >= 11 is 3.56. The Morgan fingerprint density at radius 1 is 1.50 bits per heavy atom. The molecule has 2 unspecified atom stereocenters. The molecule has 3 heterocycles. The Kier molecular flexibility index (Phi) is 4.14. The fourth-order valence-corrected chi connectivity index (χ4v) is 4.49. The second-order valence-electron chi connectivity index (χ2n) is 4.98. The molecule has 108 valence electrons. The van der Waals surface area contributed by atoms with Gasteiger partial charge in [0.1, 0.15) is 9.86 Å². The summed E-state index contributed by atoms with van der Waals surface area (Å²) in [5, 5.41) is 5.97. The van der Waals surface area contributed by atoms with Gasteiger partial charge in [0.05, 0.1) is 6.10 Å². The van der Waals surface area contributed by atoms with Gasteiger partial charge in [-0.3, -0.25) is 0 Å². The number of hydrogen-bond donors (Lipinski definition) is 1. The Bertz CT molecular complexity index is 614. The predicted octanol–water partition coefficient (Wildman–Crippen LogP) is 3.70. The van der Waals surface area contributed by atoms with Crippen LogP contribution in [0, 0.1) is 6.92 Å². The lowest BCUT2D eigenvalue weighted by molar-refractivity contribution is 0.127. The van der Waals surface area contributed by atoms with E-state index in [0.29, 0.717) is 11.4 Å². The van der Waals surface area contributed by atoms with Gasteiger partial charge in [-0.15, -0.1) is 11.3 Å². The van der Waals surface area contributed by atoms with Gasteiger partial charge in [0, 0.05) is 28.7 Å². The first-order valence-electron chi connectivity index (χ1n) is 6.97. The molecule has 0 spiro atoms. The number of aryl methyl sites for hydroxylation is 1. The maximum absolute atomic E-state index is 5.66. The maximum Gasteiger partial charge on any atom is 0.225 e. The second kappa shape index (κ2) is 5.87. The highest BCUT2D eigenvalue weighted by molar-refractivity contribution is 8.00. The fourth-order valence-electron chi connectivity index (χ4n) is 2.35. The van der Waals surface area contributed by atoms with Crippen molar-refractivity contribution in [2.24, 2.45) is 0 Å². The number of nitrogens with zero attached hydrogens (tertiary/aromatic N) is 2. The topological polar surface area (TPSA) is 47.0 Å². The number of nitrogens with one attached hydrogen (secondary N) is 1. The van der Waals surface area contributed by atoms with Crippen LogP contribution in [0.4, 0.5) is 5.95 Å². The summed E-state index contributed by atoms with van der Waals surface area (Å²) < 4.78 is 5.66. The summed E-state index contributed by atoms with van der Waals surface area (Å²) in [5.74, 6) is 0.732. The van der Waals surface area contributed by atoms with E-state index in [2.05, 4.69) is 37.1 Å². The molecule has 0 radical (unpaired) electrons. The summed E-state index contributed by atoms with van der Waals surface area (Å²) in [6.07, 6.45) is 1.39. The number of rotatable bonds is 4. The Balaban J connectivity index is 1.98. The maximum atomic E-state index is 5.66. The molecule has 1 fully saturated rings. The highest BCUT2D eigenvalue weighted by Gasteiger charge is 2.27. The quantitative estimate of drug-likeness (QED) is 0.873. The molecule has 3 rings (SSSR count). The van der Waals surface area contributed by atoms with Crippen LogP contribution in [0.2, 0.25) is 0 Å². The van der Waals surface area contributed by atoms with Crippen LogP contribution in [0.5, 0.6) is 0 Å². The van der Waals surface area contributed by atoms with Crippen molar-refractivity contribution in [1.82, 2.24) is 9.97 Å². The van der Waals surface area contributed by atoms with Gasteiger partial charge in [0.25, 0.3) is 0 Å². The van der Waals surface area contributed by atoms with E-state index in [1.165, 1.54) is 10.3 Å². The monoisotopic (exact) mass is 309 g/mol. The van der Waals surface area contributed by atoms with E-state index in [1.807, 2.05) is 11.8 Å². The summed E-state index contributed by atoms with van der Waals surface area (Å²) in [6.45, 7) is 8.02. The first kappa shape index (κ1) is 14.1. The fraction of sp³-hybridized carbons (Fsp3) is 0.571. The molecule has 1 aliphatic heterocycles. The van der Waals surface area contributed by atoms with E-state index in [4.69, 9.17) is 9.72 Å². The van der Waals surface area contributed by atoms with Crippen molar-refractivity contribution in [2.45, 2.75) is 43.6 Å². The molecule has 0 bridgehead atoms. The molecule has 2 aromatic rings. The lowest BCUT2D eigenvalue weighted by Gasteiger charge is -2.14. The lowest BCUT2D eigenvalue weighted by Crippen LogP contribution is -2.13. The zero-order chi connectivity index (χ0) is 14.1. The highest BCUT2D eigenvalue weighted by Crippen LogP contribution is 2.37. The Morgan fingerprint density at radius 2 is 2.35 bits per heavy atom. The number of aromatic nitrogens is 2. The number of fused-ring (bicyclic) bond motifs is 1. The van der Waals surface area contributed by atoms with Gasteiger partial charge in [-0.2, -0.15) is 0 Å². The molecular weight excluding hydrogens is 290 g/mol. The van der Waals surface area contributed by atoms with Gasteiger partial charge in [-0.1, -0.05) is 11.8 Å². The van der Waals surface area contributed by atoms with Crippen molar-refractivity contribution < 1.29 is 4.74 Å². The average molecular weight is 309 g/mol. The standard InChI is InChI=1S/C14H19N3OS2/c1-4-15-14-16-12-10(7-8(2)19-12)13(17-14)20-11-5-6-18-9(11)3/h7,9,11H,4-6H2,1-3H3,(H,15,16,17). The summed E-state index contributed by atoms with van der Waals surface area (Å²) in [6, 6.07) is 2.19. The van der Waals surface area contributed by atoms with Crippen LogP contribution in [0.25, 0.3) is 10.2 Å². The summed E-state index contributed by atoms with van der Waals surface area (Å²) in [7, 11) is 0. The van der Waals surface area contributed by atoms with Crippen LogP contribution < -0.4 is 5.32 Å². The Morgan fingerprint density at radius 3 is 3.05 bits per heavy atom. The van der Waals surface area contributed by atoms with Crippen molar-refractivity contribution in [2.75, 3.05) is 18.5 Å². The van der Waals surface area contributed by atoms with E-state index in [1.54, 1.807) is 11.3 Å². The van der Waals surface area contributed by atoms with E-state index < -0.39 is 0 Å². The second-order valence-corrected chi connectivity index (χ2v) is 7.44. The number of hydrogen-bond acceptors (Lipinski definition) is 6. The number of thioether (sulfide) groups is 1. The van der Waals surface area contributed by atoms with E-state index in [0.717, 1.165) is 35.4 Å². The summed E-state index contributed by atoms with van der Waals surface area (Å²) in [4.78, 5) is 11.6. The van der Waals surface area contributed by atoms with Gasteiger partial charge in [0.2, 0.25) is 5.95 Å². The van der Waals surface area contributed by atoms with Crippen LogP contribution >= 0.6 is 23.1 Å². The van der Waals surface area contributed by atoms with Crippen molar-refractivity contribution in [3.63, 3.8) is 0 Å².